The number of anilines is 1. The van der Waals surface area contributed by atoms with Gasteiger partial charge >= 0.3 is 0 Å². The molecule has 3 aromatic carbocycles. The van der Waals surface area contributed by atoms with Crippen LogP contribution in [0.5, 0.6) is 0 Å². The van der Waals surface area contributed by atoms with E-state index in [1.807, 2.05) is 18.2 Å². The molecule has 5 nitrogen and oxygen atoms in total. The summed E-state index contributed by atoms with van der Waals surface area (Å²) in [4.78, 5) is 33.3. The number of imide groups is 1. The van der Waals surface area contributed by atoms with Crippen LogP contribution >= 0.6 is 35.0 Å². The predicted octanol–water partition coefficient (Wildman–Crippen LogP) is 4.27. The predicted molar refractivity (Wildman–Crippen MR) is 141 cm³/mol. The number of hydrogen-bond donors (Lipinski definition) is 1. The fourth-order valence-electron chi connectivity index (χ4n) is 4.45. The van der Waals surface area contributed by atoms with Gasteiger partial charge in [0.15, 0.2) is 0 Å². The molecule has 0 saturated carbocycles. The molecule has 178 valence electrons. The van der Waals surface area contributed by atoms with Crippen LogP contribution in [0.2, 0.25) is 10.0 Å². The molecule has 2 aliphatic heterocycles. The summed E-state index contributed by atoms with van der Waals surface area (Å²) in [5.74, 6) is -0.678. The number of nitrogens with one attached hydrogen (secondary N) is 1. The van der Waals surface area contributed by atoms with E-state index in [1.54, 1.807) is 36.4 Å². The number of halogens is 2. The summed E-state index contributed by atoms with van der Waals surface area (Å²) < 4.78 is 0. The van der Waals surface area contributed by atoms with E-state index in [0.717, 1.165) is 24.5 Å². The first kappa shape index (κ1) is 23.9. The highest BCUT2D eigenvalue weighted by Crippen LogP contribution is 2.40. The van der Waals surface area contributed by atoms with E-state index in [9.17, 15) is 9.59 Å². The van der Waals surface area contributed by atoms with Gasteiger partial charge in [-0.2, -0.15) is 0 Å². The van der Waals surface area contributed by atoms with Gasteiger partial charge in [0.05, 0.1) is 36.9 Å². The fourth-order valence-corrected chi connectivity index (χ4v) is 5.79. The number of nitrogens with zero attached hydrogens (tertiary/aromatic N) is 2. The average Bonchev–Trinajstić information content (AvgIpc) is 3.11. The summed E-state index contributed by atoms with van der Waals surface area (Å²) in [6.07, 6.45) is 0. The molecule has 35 heavy (non-hydrogen) atoms. The summed E-state index contributed by atoms with van der Waals surface area (Å²) in [5.41, 5.74) is 2.15. The van der Waals surface area contributed by atoms with Crippen LogP contribution in [0, 0.1) is 0 Å². The highest BCUT2D eigenvalue weighted by atomic mass is 35.5. The molecule has 0 aromatic heterocycles. The van der Waals surface area contributed by atoms with Crippen LogP contribution in [0.3, 0.4) is 0 Å². The fraction of sp³-hybridized carbons (Fsp3) is 0.185. The molecule has 1 N–H and O–H groups in total. The summed E-state index contributed by atoms with van der Waals surface area (Å²) in [7, 11) is 0. The maximum absolute atomic E-state index is 13.7. The number of carbonyl (C=O) groups is 2. The van der Waals surface area contributed by atoms with Crippen molar-refractivity contribution in [2.75, 3.05) is 31.1 Å². The second-order valence-electron chi connectivity index (χ2n) is 8.53. The van der Waals surface area contributed by atoms with E-state index >= 15 is 0 Å². The number of quaternary nitrogens is 1. The highest BCUT2D eigenvalue weighted by Gasteiger charge is 2.44. The maximum Gasteiger partial charge on any atom is 0.283 e. The first-order valence-electron chi connectivity index (χ1n) is 11.4. The third kappa shape index (κ3) is 5.11. The number of carbonyl (C=O) groups excluding carboxylic acids is 2. The molecule has 0 bridgehead atoms. The van der Waals surface area contributed by atoms with Crippen molar-refractivity contribution >= 4 is 52.5 Å². The van der Waals surface area contributed by atoms with Gasteiger partial charge in [-0.05, 0) is 36.4 Å². The zero-order valence-corrected chi connectivity index (χ0v) is 21.2. The molecule has 8 heteroatoms. The topological polar surface area (TPSA) is 45.1 Å². The molecular weight excluding hydrogens is 501 g/mol. The monoisotopic (exact) mass is 524 g/mol. The Morgan fingerprint density at radius 2 is 1.46 bits per heavy atom. The lowest BCUT2D eigenvalue weighted by Crippen LogP contribution is -3.13. The van der Waals surface area contributed by atoms with Crippen LogP contribution < -0.4 is 9.80 Å². The van der Waals surface area contributed by atoms with Crippen molar-refractivity contribution in [1.82, 2.24) is 4.90 Å². The minimum absolute atomic E-state index is 0.328. The average molecular weight is 525 g/mol. The van der Waals surface area contributed by atoms with E-state index in [-0.39, 0.29) is 11.8 Å². The molecular formula is C27H24Cl2N3O2S+. The first-order chi connectivity index (χ1) is 17.0. The van der Waals surface area contributed by atoms with E-state index in [1.165, 1.54) is 27.1 Å². The van der Waals surface area contributed by atoms with Gasteiger partial charge in [-0.3, -0.25) is 9.59 Å². The number of piperazine rings is 1. The lowest BCUT2D eigenvalue weighted by Gasteiger charge is -2.34. The van der Waals surface area contributed by atoms with Gasteiger partial charge in [-0.1, -0.05) is 77.4 Å². The molecule has 3 aromatic rings. The number of thioether (sulfide) groups is 1. The molecule has 0 radical (unpaired) electrons. The number of benzene rings is 3. The second kappa shape index (κ2) is 10.5. The van der Waals surface area contributed by atoms with Crippen LogP contribution in [0.4, 0.5) is 5.69 Å². The Morgan fingerprint density at radius 3 is 2.14 bits per heavy atom. The zero-order valence-electron chi connectivity index (χ0n) is 18.9. The summed E-state index contributed by atoms with van der Waals surface area (Å²) >= 11 is 13.7. The van der Waals surface area contributed by atoms with E-state index in [4.69, 9.17) is 23.2 Å². The van der Waals surface area contributed by atoms with Gasteiger partial charge in [0.1, 0.15) is 17.1 Å². The van der Waals surface area contributed by atoms with Crippen molar-refractivity contribution in [1.29, 1.82) is 0 Å². The van der Waals surface area contributed by atoms with Gasteiger partial charge in [-0.25, -0.2) is 4.90 Å². The van der Waals surface area contributed by atoms with Crippen molar-refractivity contribution in [2.24, 2.45) is 0 Å². The van der Waals surface area contributed by atoms with Crippen molar-refractivity contribution < 1.29 is 14.5 Å². The Labute approximate surface area is 218 Å². The Kier molecular flexibility index (Phi) is 7.16. The van der Waals surface area contributed by atoms with Crippen molar-refractivity contribution in [3.8, 4) is 0 Å². The Balaban J connectivity index is 1.42. The highest BCUT2D eigenvalue weighted by molar-refractivity contribution is 8.04. The molecule has 2 amide bonds. The summed E-state index contributed by atoms with van der Waals surface area (Å²) in [6, 6.07) is 24.6. The molecule has 0 unspecified atom stereocenters. The molecule has 2 heterocycles. The van der Waals surface area contributed by atoms with Crippen LogP contribution in [-0.2, 0) is 16.1 Å². The van der Waals surface area contributed by atoms with Gasteiger partial charge in [0.25, 0.3) is 11.8 Å². The largest absolute Gasteiger partial charge is 0.355 e. The SMILES string of the molecule is O=C1C(Sc2ccc(Cl)cc2)=C(N2CC[NH+](Cc3ccccc3)CC2)C(=O)N1c1ccccc1Cl. The van der Waals surface area contributed by atoms with Crippen LogP contribution in [0.15, 0.2) is 94.4 Å². The number of hydrogen-bond acceptors (Lipinski definition) is 4. The van der Waals surface area contributed by atoms with Crippen molar-refractivity contribution in [3.05, 3.63) is 105 Å². The third-order valence-electron chi connectivity index (χ3n) is 6.23. The van der Waals surface area contributed by atoms with E-state index in [2.05, 4.69) is 29.2 Å². The Morgan fingerprint density at radius 1 is 0.800 bits per heavy atom. The van der Waals surface area contributed by atoms with E-state index < -0.39 is 0 Å². The smallest absolute Gasteiger partial charge is 0.283 e. The van der Waals surface area contributed by atoms with Crippen molar-refractivity contribution in [3.63, 3.8) is 0 Å². The summed E-state index contributed by atoms with van der Waals surface area (Å²) in [6.45, 7) is 4.09. The van der Waals surface area contributed by atoms with Gasteiger partial charge < -0.3 is 9.80 Å². The van der Waals surface area contributed by atoms with Crippen LogP contribution in [-0.4, -0.2) is 42.9 Å². The number of para-hydroxylation sites is 1. The molecule has 0 atom stereocenters. The Bertz CT molecular complexity index is 1270. The minimum atomic E-state index is -0.350. The standard InChI is InChI=1S/C27H23Cl2N3O2S/c28-20-10-12-21(13-11-20)35-25-24(26(33)32(27(25)34)23-9-5-4-8-22(23)29)31-16-14-30(15-17-31)18-19-6-2-1-3-7-19/h1-13H,14-18H2/p+1. The maximum atomic E-state index is 13.7. The molecule has 0 spiro atoms. The van der Waals surface area contributed by atoms with Gasteiger partial charge in [0, 0.05) is 15.5 Å². The van der Waals surface area contributed by atoms with Crippen molar-refractivity contribution in [2.45, 2.75) is 11.4 Å². The number of amides is 2. The Hall–Kier alpha value is -2.77. The quantitative estimate of drug-likeness (QED) is 0.489. The molecule has 1 fully saturated rings. The molecule has 5 rings (SSSR count). The van der Waals surface area contributed by atoms with Crippen LogP contribution in [0.25, 0.3) is 0 Å². The van der Waals surface area contributed by atoms with E-state index in [0.29, 0.717) is 39.4 Å². The lowest BCUT2D eigenvalue weighted by molar-refractivity contribution is -0.917. The second-order valence-corrected chi connectivity index (χ2v) is 10.5. The normalized spacial score (nSPS) is 17.0. The number of rotatable bonds is 6. The molecule has 2 aliphatic rings. The van der Waals surface area contributed by atoms with Crippen LogP contribution in [0.1, 0.15) is 5.56 Å². The van der Waals surface area contributed by atoms with Gasteiger partial charge in [-0.15, -0.1) is 0 Å². The lowest BCUT2D eigenvalue weighted by atomic mass is 10.2. The summed E-state index contributed by atoms with van der Waals surface area (Å²) in [5, 5.41) is 0.982. The van der Waals surface area contributed by atoms with Gasteiger partial charge in [0.2, 0.25) is 0 Å². The molecule has 1 saturated heterocycles. The zero-order chi connectivity index (χ0) is 24.4. The third-order valence-corrected chi connectivity index (χ3v) is 7.88. The molecule has 0 aliphatic carbocycles. The first-order valence-corrected chi connectivity index (χ1v) is 13.0. The minimum Gasteiger partial charge on any atom is -0.355 e.